The summed E-state index contributed by atoms with van der Waals surface area (Å²) < 4.78 is 32.8. The van der Waals surface area contributed by atoms with Gasteiger partial charge in [-0.05, 0) is 10.8 Å². The van der Waals surface area contributed by atoms with Crippen molar-refractivity contribution < 1.29 is 37.3 Å². The van der Waals surface area contributed by atoms with E-state index in [1.807, 2.05) is 0 Å². The molecule has 6 N–H and O–H groups in total. The summed E-state index contributed by atoms with van der Waals surface area (Å²) in [6.45, 7) is 0. The standard InChI is InChI=1S/C16H17N9O8S4/c1-33-22-8(6-3-35-15(17)18-6)11(26)19-9-12(27)25-10(14(28)29)5(2-34-13(9)25)7(4-37(30,31)32)36-16-20-23-24-21-16/h3,7,9,13H,2,4H2,1H3,(H2,17,18)(H,19,26)(H,28,29)(H,30,31,32)(H,20,21,23,24)/t7?,9?,13-/m0/s1. The molecule has 2 aromatic heterocycles. The van der Waals surface area contributed by atoms with Gasteiger partial charge < -0.3 is 21.0 Å². The fraction of sp³-hybridized carbons (Fsp3) is 0.375. The highest BCUT2D eigenvalue weighted by Crippen LogP contribution is 2.43. The van der Waals surface area contributed by atoms with Gasteiger partial charge in [0.05, 0.1) is 11.0 Å². The highest BCUT2D eigenvalue weighted by Gasteiger charge is 2.55. The number of carbonyl (C=O) groups is 3. The fourth-order valence-corrected chi connectivity index (χ4v) is 7.74. The number of nitrogens with two attached hydrogens (primary N) is 1. The molecule has 198 valence electrons. The summed E-state index contributed by atoms with van der Waals surface area (Å²) in [5.41, 5.74) is 5.10. The minimum absolute atomic E-state index is 0.00530. The van der Waals surface area contributed by atoms with Crippen LogP contribution in [-0.4, -0.2) is 107 Å². The smallest absolute Gasteiger partial charge is 0.352 e. The number of anilines is 1. The van der Waals surface area contributed by atoms with Crippen LogP contribution < -0.4 is 11.1 Å². The number of nitrogens with one attached hydrogen (secondary N) is 2. The fourth-order valence-electron chi connectivity index (χ4n) is 3.52. The summed E-state index contributed by atoms with van der Waals surface area (Å²) in [4.78, 5) is 47.7. The maximum atomic E-state index is 13.0. The van der Waals surface area contributed by atoms with E-state index < -0.39 is 56.0 Å². The number of carboxylic acids is 1. The third-order valence-corrected chi connectivity index (χ3v) is 9.03. The predicted octanol–water partition coefficient (Wildman–Crippen LogP) is -1.62. The van der Waals surface area contributed by atoms with Crippen LogP contribution in [0.2, 0.25) is 0 Å². The number of fused-ring (bicyclic) bond motifs is 1. The number of thiazole rings is 1. The number of oxime groups is 1. The van der Waals surface area contributed by atoms with Crippen molar-refractivity contribution in [1.82, 2.24) is 35.8 Å². The number of aliphatic carboxylic acids is 1. The Hall–Kier alpha value is -3.27. The molecule has 21 heteroatoms. The van der Waals surface area contributed by atoms with Gasteiger partial charge in [0.25, 0.3) is 21.9 Å². The molecule has 0 spiro atoms. The van der Waals surface area contributed by atoms with E-state index in [2.05, 4.69) is 36.1 Å². The number of H-pyrrole nitrogens is 1. The Balaban J connectivity index is 1.60. The molecule has 0 radical (unpaired) electrons. The van der Waals surface area contributed by atoms with Gasteiger partial charge in [-0.15, -0.1) is 33.3 Å². The molecule has 0 saturated carbocycles. The van der Waals surface area contributed by atoms with E-state index in [1.54, 1.807) is 0 Å². The number of hydrogen-bond acceptors (Lipinski definition) is 15. The number of aromatic nitrogens is 5. The van der Waals surface area contributed by atoms with Crippen molar-refractivity contribution in [2.24, 2.45) is 5.16 Å². The number of hydrogen-bond donors (Lipinski definition) is 5. The number of thioether (sulfide) groups is 2. The molecule has 0 bridgehead atoms. The van der Waals surface area contributed by atoms with Gasteiger partial charge in [-0.1, -0.05) is 16.9 Å². The van der Waals surface area contributed by atoms with E-state index in [-0.39, 0.29) is 33.0 Å². The minimum Gasteiger partial charge on any atom is -0.477 e. The van der Waals surface area contributed by atoms with Crippen LogP contribution in [0.4, 0.5) is 5.13 Å². The number of amides is 2. The lowest BCUT2D eigenvalue weighted by atomic mass is 10.0. The molecule has 4 heterocycles. The predicted molar refractivity (Wildman–Crippen MR) is 130 cm³/mol. The molecule has 37 heavy (non-hydrogen) atoms. The van der Waals surface area contributed by atoms with Gasteiger partial charge in [0.1, 0.15) is 29.9 Å². The van der Waals surface area contributed by atoms with Crippen LogP contribution in [0, 0.1) is 0 Å². The first kappa shape index (κ1) is 26.8. The molecule has 3 atom stereocenters. The van der Waals surface area contributed by atoms with Crippen molar-refractivity contribution in [3.8, 4) is 0 Å². The molecule has 0 aliphatic carbocycles. The monoisotopic (exact) mass is 591 g/mol. The van der Waals surface area contributed by atoms with Crippen LogP contribution >= 0.6 is 34.9 Å². The Morgan fingerprint density at radius 1 is 1.49 bits per heavy atom. The number of nitrogen functional groups attached to an aromatic ring is 1. The highest BCUT2D eigenvalue weighted by atomic mass is 32.2. The van der Waals surface area contributed by atoms with Crippen molar-refractivity contribution in [3.05, 3.63) is 22.3 Å². The van der Waals surface area contributed by atoms with Crippen molar-refractivity contribution in [1.29, 1.82) is 0 Å². The largest absolute Gasteiger partial charge is 0.477 e. The molecule has 1 fully saturated rings. The molecule has 2 aliphatic rings. The maximum Gasteiger partial charge on any atom is 0.352 e. The second-order valence-electron chi connectivity index (χ2n) is 7.28. The van der Waals surface area contributed by atoms with Gasteiger partial charge in [-0.25, -0.2) is 9.78 Å². The van der Waals surface area contributed by atoms with E-state index >= 15 is 0 Å². The molecule has 2 amide bonds. The first-order valence-electron chi connectivity index (χ1n) is 9.89. The zero-order valence-corrected chi connectivity index (χ0v) is 21.7. The molecule has 1 saturated heterocycles. The quantitative estimate of drug-likeness (QED) is 0.0683. The normalized spacial score (nSPS) is 20.8. The lowest BCUT2D eigenvalue weighted by Gasteiger charge is -2.50. The Morgan fingerprint density at radius 3 is 2.81 bits per heavy atom. The summed E-state index contributed by atoms with van der Waals surface area (Å²) in [6, 6.07) is -1.11. The van der Waals surface area contributed by atoms with Crippen LogP contribution in [0.5, 0.6) is 0 Å². The zero-order chi connectivity index (χ0) is 26.9. The number of carboxylic acid groups (broad SMARTS) is 1. The number of carbonyl (C=O) groups excluding carboxylic acids is 2. The topological polar surface area (TPSA) is 256 Å². The average molecular weight is 592 g/mol. The van der Waals surface area contributed by atoms with Gasteiger partial charge in [-0.3, -0.25) is 19.0 Å². The molecular formula is C16H17N9O8S4. The highest BCUT2D eigenvalue weighted by molar-refractivity contribution is 8.01. The van der Waals surface area contributed by atoms with Crippen LogP contribution in [0.15, 0.2) is 27.0 Å². The molecule has 2 aromatic rings. The van der Waals surface area contributed by atoms with Crippen LogP contribution in [-0.2, 0) is 29.3 Å². The molecular weight excluding hydrogens is 574 g/mol. The van der Waals surface area contributed by atoms with Crippen molar-refractivity contribution in [3.63, 3.8) is 0 Å². The van der Waals surface area contributed by atoms with Crippen LogP contribution in [0.3, 0.4) is 0 Å². The second kappa shape index (κ2) is 10.6. The van der Waals surface area contributed by atoms with E-state index in [9.17, 15) is 32.5 Å². The van der Waals surface area contributed by atoms with Crippen molar-refractivity contribution in [2.75, 3.05) is 24.3 Å². The Morgan fingerprint density at radius 2 is 2.24 bits per heavy atom. The Labute approximate surface area is 220 Å². The Bertz CT molecular complexity index is 1390. The summed E-state index contributed by atoms with van der Waals surface area (Å²) in [5.74, 6) is -3.93. The molecule has 2 aliphatic heterocycles. The van der Waals surface area contributed by atoms with Crippen LogP contribution in [0.1, 0.15) is 5.69 Å². The lowest BCUT2D eigenvalue weighted by molar-refractivity contribution is -0.150. The molecule has 0 aromatic carbocycles. The lowest BCUT2D eigenvalue weighted by Crippen LogP contribution is -2.71. The maximum absolute atomic E-state index is 13.0. The van der Waals surface area contributed by atoms with Gasteiger partial charge in [-0.2, -0.15) is 13.6 Å². The number of β-lactam (4-membered cyclic amide) rings is 1. The van der Waals surface area contributed by atoms with E-state index in [1.165, 1.54) is 12.5 Å². The first-order valence-corrected chi connectivity index (χ1v) is 14.3. The Kier molecular flexibility index (Phi) is 7.68. The molecule has 2 unspecified atom stereocenters. The first-order chi connectivity index (χ1) is 17.5. The molecule has 17 nitrogen and oxygen atoms in total. The number of aromatic amines is 1. The van der Waals surface area contributed by atoms with Gasteiger partial charge in [0.2, 0.25) is 5.16 Å². The van der Waals surface area contributed by atoms with Gasteiger partial charge in [0.15, 0.2) is 10.8 Å². The number of rotatable bonds is 10. The number of nitrogens with zero attached hydrogens (tertiary/aromatic N) is 6. The van der Waals surface area contributed by atoms with Crippen LogP contribution in [0.25, 0.3) is 0 Å². The summed E-state index contributed by atoms with van der Waals surface area (Å²) in [5, 5.41) is 28.8. The van der Waals surface area contributed by atoms with Crippen molar-refractivity contribution >= 4 is 73.6 Å². The number of tetrazole rings is 1. The second-order valence-corrected chi connectivity index (χ2v) is 11.9. The third-order valence-electron chi connectivity index (χ3n) is 4.97. The van der Waals surface area contributed by atoms with E-state index in [0.717, 1.165) is 39.8 Å². The average Bonchev–Trinajstić information content (AvgIpc) is 3.50. The summed E-state index contributed by atoms with van der Waals surface area (Å²) in [7, 11) is -3.34. The van der Waals surface area contributed by atoms with E-state index in [4.69, 9.17) is 10.6 Å². The SMILES string of the molecule is CON=C(C(=O)NC1C(=O)N2C(C(=O)O)=C(C(CS(=O)(=O)O)Sc3nn[nH]n3)CS[C@@H]12)c1csc(N)n1. The van der Waals surface area contributed by atoms with Gasteiger partial charge in [0, 0.05) is 11.1 Å². The summed E-state index contributed by atoms with van der Waals surface area (Å²) in [6.07, 6.45) is 0. The van der Waals surface area contributed by atoms with Crippen molar-refractivity contribution in [2.45, 2.75) is 21.8 Å². The van der Waals surface area contributed by atoms with Gasteiger partial charge >= 0.3 is 5.97 Å². The third kappa shape index (κ3) is 5.69. The molecule has 4 rings (SSSR count). The summed E-state index contributed by atoms with van der Waals surface area (Å²) >= 11 is 2.92. The van der Waals surface area contributed by atoms with E-state index in [0.29, 0.717) is 0 Å². The minimum atomic E-state index is -4.56. The zero-order valence-electron chi connectivity index (χ0n) is 18.5.